The van der Waals surface area contributed by atoms with E-state index in [1.807, 2.05) is 24.3 Å². The number of rotatable bonds is 7. The summed E-state index contributed by atoms with van der Waals surface area (Å²) in [5.74, 6) is -0.547. The minimum absolute atomic E-state index is 0.272. The average Bonchev–Trinajstić information content (AvgIpc) is 3.67. The lowest BCUT2D eigenvalue weighted by atomic mass is 9.57. The Bertz CT molecular complexity index is 2770. The molecular formula is C56H38F2. The van der Waals surface area contributed by atoms with E-state index in [1.54, 1.807) is 12.1 Å². The van der Waals surface area contributed by atoms with Gasteiger partial charge in [0.25, 0.3) is 0 Å². The van der Waals surface area contributed by atoms with Crippen molar-refractivity contribution in [3.8, 4) is 11.1 Å². The summed E-state index contributed by atoms with van der Waals surface area (Å²) < 4.78 is 29.2. The van der Waals surface area contributed by atoms with Crippen LogP contribution in [0.5, 0.6) is 0 Å². The van der Waals surface area contributed by atoms with Crippen LogP contribution < -0.4 is 0 Å². The summed E-state index contributed by atoms with van der Waals surface area (Å²) >= 11 is 0. The van der Waals surface area contributed by atoms with Crippen LogP contribution >= 0.6 is 0 Å². The van der Waals surface area contributed by atoms with E-state index in [9.17, 15) is 8.78 Å². The molecule has 0 amide bonds. The van der Waals surface area contributed by atoms with E-state index in [2.05, 4.69) is 170 Å². The maximum absolute atomic E-state index is 14.8. The molecule has 276 valence electrons. The fourth-order valence-electron chi connectivity index (χ4n) is 9.42. The van der Waals surface area contributed by atoms with Crippen LogP contribution in [0, 0.1) is 11.6 Å². The van der Waals surface area contributed by atoms with Gasteiger partial charge in [-0.1, -0.05) is 188 Å². The highest BCUT2D eigenvalue weighted by atomic mass is 19.1. The highest BCUT2D eigenvalue weighted by molar-refractivity contribution is 6.07. The molecule has 0 heterocycles. The van der Waals surface area contributed by atoms with Crippen LogP contribution in [-0.2, 0) is 5.41 Å². The van der Waals surface area contributed by atoms with Crippen molar-refractivity contribution in [1.29, 1.82) is 0 Å². The largest absolute Gasteiger partial charge is 0.207 e. The Balaban J connectivity index is 1.46. The van der Waals surface area contributed by atoms with Gasteiger partial charge in [-0.2, -0.15) is 0 Å². The first-order valence-corrected chi connectivity index (χ1v) is 19.8. The summed E-state index contributed by atoms with van der Waals surface area (Å²) in [4.78, 5) is 0. The van der Waals surface area contributed by atoms with E-state index >= 15 is 0 Å². The van der Waals surface area contributed by atoms with E-state index in [4.69, 9.17) is 0 Å². The third-order valence-corrected chi connectivity index (χ3v) is 11.8. The minimum atomic E-state index is -0.807. The van der Waals surface area contributed by atoms with Crippen molar-refractivity contribution in [2.45, 2.75) is 11.8 Å². The first kappa shape index (κ1) is 35.3. The monoisotopic (exact) mass is 748 g/mol. The van der Waals surface area contributed by atoms with E-state index < -0.39 is 5.41 Å². The van der Waals surface area contributed by atoms with Gasteiger partial charge in [0.15, 0.2) is 0 Å². The lowest BCUT2D eigenvalue weighted by Gasteiger charge is -2.44. The number of allylic oxidation sites excluding steroid dienone is 4. The first-order chi connectivity index (χ1) is 28.6. The Morgan fingerprint density at radius 1 is 0.397 bits per heavy atom. The zero-order chi connectivity index (χ0) is 39.1. The summed E-state index contributed by atoms with van der Waals surface area (Å²) in [7, 11) is 0. The van der Waals surface area contributed by atoms with Crippen LogP contribution in [-0.4, -0.2) is 0 Å². The molecule has 0 aliphatic heterocycles. The molecule has 0 radical (unpaired) electrons. The van der Waals surface area contributed by atoms with Gasteiger partial charge in [-0.3, -0.25) is 0 Å². The van der Waals surface area contributed by atoms with Crippen molar-refractivity contribution in [2.75, 3.05) is 0 Å². The molecule has 0 saturated carbocycles. The average molecular weight is 749 g/mol. The van der Waals surface area contributed by atoms with E-state index in [0.717, 1.165) is 61.2 Å². The number of halogens is 2. The maximum Gasteiger partial charge on any atom is 0.123 e. The van der Waals surface area contributed by atoms with Gasteiger partial charge in [-0.15, -0.1) is 0 Å². The predicted molar refractivity (Wildman–Crippen MR) is 234 cm³/mol. The Morgan fingerprint density at radius 2 is 0.828 bits per heavy atom. The fourth-order valence-corrected chi connectivity index (χ4v) is 9.42. The molecule has 2 heteroatoms. The molecule has 8 aromatic carbocycles. The second-order valence-corrected chi connectivity index (χ2v) is 15.0. The normalized spacial score (nSPS) is 14.3. The van der Waals surface area contributed by atoms with Crippen molar-refractivity contribution >= 4 is 16.7 Å². The second-order valence-electron chi connectivity index (χ2n) is 15.0. The van der Waals surface area contributed by atoms with Gasteiger partial charge in [0.05, 0.1) is 5.41 Å². The molecule has 0 spiro atoms. The third kappa shape index (κ3) is 5.88. The topological polar surface area (TPSA) is 0 Å². The molecule has 0 bridgehead atoms. The lowest BCUT2D eigenvalue weighted by molar-refractivity contribution is 0.627. The molecule has 58 heavy (non-hydrogen) atoms. The Hall–Kier alpha value is -7.16. The molecule has 0 saturated heterocycles. The number of benzene rings is 8. The van der Waals surface area contributed by atoms with E-state index in [1.165, 1.54) is 40.0 Å². The maximum atomic E-state index is 14.8. The summed E-state index contributed by atoms with van der Waals surface area (Å²) in [5.41, 5.74) is 17.0. The van der Waals surface area contributed by atoms with E-state index in [0.29, 0.717) is 6.42 Å². The van der Waals surface area contributed by atoms with Crippen molar-refractivity contribution in [3.05, 3.63) is 291 Å². The van der Waals surface area contributed by atoms with Crippen molar-refractivity contribution in [1.82, 2.24) is 0 Å². The number of hydrogen-bond donors (Lipinski definition) is 0. The van der Waals surface area contributed by atoms with Crippen molar-refractivity contribution < 1.29 is 8.78 Å². The van der Waals surface area contributed by atoms with Crippen molar-refractivity contribution in [2.24, 2.45) is 0 Å². The SMILES string of the molecule is Fc1ccc(C2=C3CC(=C(c4ccccc4)c4ccccc4)C(c4ccccc4)=C3C(c3ccccc3)(c3ccccc3)c3cc(-c4ccc(F)cc4)ccc32)cc1. The molecule has 0 aromatic heterocycles. The molecule has 0 N–H and O–H groups in total. The molecule has 0 nitrogen and oxygen atoms in total. The van der Waals surface area contributed by atoms with Gasteiger partial charge in [-0.25, -0.2) is 8.78 Å². The minimum Gasteiger partial charge on any atom is -0.207 e. The summed E-state index contributed by atoms with van der Waals surface area (Å²) in [6.07, 6.45) is 0.645. The molecule has 10 rings (SSSR count). The quantitative estimate of drug-likeness (QED) is 0.152. The third-order valence-electron chi connectivity index (χ3n) is 11.8. The van der Waals surface area contributed by atoms with Crippen LogP contribution in [0.15, 0.2) is 235 Å². The highest BCUT2D eigenvalue weighted by Gasteiger charge is 2.51. The summed E-state index contributed by atoms with van der Waals surface area (Å²) in [6, 6.07) is 74.4. The fraction of sp³-hybridized carbons (Fsp3) is 0.0357. The van der Waals surface area contributed by atoms with Crippen LogP contribution in [0.25, 0.3) is 27.8 Å². The van der Waals surface area contributed by atoms with Gasteiger partial charge < -0.3 is 0 Å². The second kappa shape index (κ2) is 14.7. The van der Waals surface area contributed by atoms with Crippen LogP contribution in [0.3, 0.4) is 0 Å². The Labute approximate surface area is 338 Å². The molecule has 0 unspecified atom stereocenters. The Morgan fingerprint density at radius 3 is 1.34 bits per heavy atom. The zero-order valence-electron chi connectivity index (χ0n) is 31.7. The lowest BCUT2D eigenvalue weighted by Crippen LogP contribution is -2.36. The summed E-state index contributed by atoms with van der Waals surface area (Å²) in [6.45, 7) is 0. The standard InChI is InChI=1S/C56H38F2/c57-46-31-26-38(27-32-46)43-30-35-48-51(36-43)56(44-22-12-4-13-23-44,45-24-14-5-15-25-45)55-50(53(48)42-28-33-47(58)34-29-42)37-49(54(55)41-20-10-3-11-21-41)52(39-16-6-1-7-17-39)40-18-8-2-9-19-40/h1-36H,37H2. The summed E-state index contributed by atoms with van der Waals surface area (Å²) in [5, 5.41) is 0. The molecule has 0 fully saturated rings. The van der Waals surface area contributed by atoms with E-state index in [-0.39, 0.29) is 11.6 Å². The van der Waals surface area contributed by atoms with Gasteiger partial charge in [0, 0.05) is 0 Å². The molecule has 8 aromatic rings. The Kier molecular flexibility index (Phi) is 8.96. The smallest absolute Gasteiger partial charge is 0.123 e. The van der Waals surface area contributed by atoms with Gasteiger partial charge >= 0.3 is 0 Å². The van der Waals surface area contributed by atoms with Gasteiger partial charge in [0.2, 0.25) is 0 Å². The highest BCUT2D eigenvalue weighted by Crippen LogP contribution is 2.63. The molecule has 2 aliphatic rings. The van der Waals surface area contributed by atoms with Gasteiger partial charge in [0.1, 0.15) is 11.6 Å². The molecular weight excluding hydrogens is 711 g/mol. The predicted octanol–water partition coefficient (Wildman–Crippen LogP) is 14.1. The van der Waals surface area contributed by atoms with Crippen LogP contribution in [0.1, 0.15) is 50.9 Å². The van der Waals surface area contributed by atoms with Crippen molar-refractivity contribution in [3.63, 3.8) is 0 Å². The number of hydrogen-bond acceptors (Lipinski definition) is 0. The van der Waals surface area contributed by atoms with Crippen LogP contribution in [0.4, 0.5) is 8.78 Å². The zero-order valence-corrected chi connectivity index (χ0v) is 31.7. The number of fused-ring (bicyclic) bond motifs is 2. The van der Waals surface area contributed by atoms with Gasteiger partial charge in [-0.05, 0) is 126 Å². The molecule has 2 aliphatic carbocycles. The first-order valence-electron chi connectivity index (χ1n) is 19.8. The van der Waals surface area contributed by atoms with Crippen LogP contribution in [0.2, 0.25) is 0 Å². The molecule has 0 atom stereocenters.